The summed E-state index contributed by atoms with van der Waals surface area (Å²) in [5.74, 6) is 2.17. The summed E-state index contributed by atoms with van der Waals surface area (Å²) >= 11 is 0. The smallest absolute Gasteiger partial charge is 0.224 e. The largest absolute Gasteiger partial charge is 0.354 e. The number of aryl methyl sites for hydroxylation is 2. The van der Waals surface area contributed by atoms with Crippen LogP contribution in [-0.2, 0) is 6.54 Å². The first-order valence-electron chi connectivity index (χ1n) is 6.11. The Balaban J connectivity index is 2.17. The molecule has 0 bridgehead atoms. The highest BCUT2D eigenvalue weighted by Gasteiger charge is 2.03. The fourth-order valence-corrected chi connectivity index (χ4v) is 1.61. The number of anilines is 3. The van der Waals surface area contributed by atoms with Crippen molar-refractivity contribution in [2.24, 2.45) is 0 Å². The van der Waals surface area contributed by atoms with Gasteiger partial charge in [-0.25, -0.2) is 4.98 Å². The van der Waals surface area contributed by atoms with Crippen LogP contribution in [0.3, 0.4) is 0 Å². The van der Waals surface area contributed by atoms with Gasteiger partial charge in [0.2, 0.25) is 5.95 Å². The van der Waals surface area contributed by atoms with Crippen LogP contribution in [0.1, 0.15) is 19.5 Å². The van der Waals surface area contributed by atoms with E-state index in [0.717, 1.165) is 30.4 Å². The van der Waals surface area contributed by atoms with Crippen molar-refractivity contribution in [2.45, 2.75) is 27.3 Å². The average molecular weight is 246 g/mol. The van der Waals surface area contributed by atoms with Gasteiger partial charge in [-0.05, 0) is 20.8 Å². The van der Waals surface area contributed by atoms with Gasteiger partial charge in [0.25, 0.3) is 0 Å². The van der Waals surface area contributed by atoms with Crippen LogP contribution in [0.15, 0.2) is 18.3 Å². The molecule has 0 aliphatic carbocycles. The molecule has 0 radical (unpaired) electrons. The highest BCUT2D eigenvalue weighted by atomic mass is 15.3. The molecule has 0 saturated carbocycles. The summed E-state index contributed by atoms with van der Waals surface area (Å²) in [6.45, 7) is 7.66. The zero-order valence-corrected chi connectivity index (χ0v) is 10.9. The lowest BCUT2D eigenvalue weighted by Crippen LogP contribution is -2.05. The Labute approximate surface area is 106 Å². The summed E-state index contributed by atoms with van der Waals surface area (Å²) in [5, 5.41) is 10.6. The molecule has 0 spiro atoms. The molecule has 6 heteroatoms. The quantitative estimate of drug-likeness (QED) is 0.846. The predicted octanol–water partition coefficient (Wildman–Crippen LogP) is 2.18. The van der Waals surface area contributed by atoms with E-state index in [1.165, 1.54) is 0 Å². The van der Waals surface area contributed by atoms with Crippen LogP contribution in [-0.4, -0.2) is 26.3 Å². The lowest BCUT2D eigenvalue weighted by atomic mass is 10.4. The Morgan fingerprint density at radius 1 is 1.22 bits per heavy atom. The standard InChI is InChI=1S/C12H18N6/c1-4-13-12-14-9(3)8-11(16-12)15-10-6-7-18(5-2)17-10/h6-8H,4-5H2,1-3H3,(H2,13,14,15,16,17). The molecule has 0 unspecified atom stereocenters. The van der Waals surface area contributed by atoms with Crippen LogP contribution in [0.25, 0.3) is 0 Å². The Kier molecular flexibility index (Phi) is 3.76. The fourth-order valence-electron chi connectivity index (χ4n) is 1.61. The minimum Gasteiger partial charge on any atom is -0.354 e. The molecule has 2 rings (SSSR count). The van der Waals surface area contributed by atoms with Gasteiger partial charge in [-0.3, -0.25) is 4.68 Å². The minimum atomic E-state index is 0.634. The zero-order chi connectivity index (χ0) is 13.0. The van der Waals surface area contributed by atoms with Crippen molar-refractivity contribution in [1.29, 1.82) is 0 Å². The third-order valence-corrected chi connectivity index (χ3v) is 2.41. The number of aromatic nitrogens is 4. The molecule has 18 heavy (non-hydrogen) atoms. The van der Waals surface area contributed by atoms with Crippen molar-refractivity contribution in [3.63, 3.8) is 0 Å². The minimum absolute atomic E-state index is 0.634. The lowest BCUT2D eigenvalue weighted by Gasteiger charge is -2.07. The summed E-state index contributed by atoms with van der Waals surface area (Å²) in [4.78, 5) is 8.67. The van der Waals surface area contributed by atoms with E-state index in [-0.39, 0.29) is 0 Å². The van der Waals surface area contributed by atoms with Crippen molar-refractivity contribution in [3.8, 4) is 0 Å². The summed E-state index contributed by atoms with van der Waals surface area (Å²) < 4.78 is 1.86. The second-order valence-electron chi connectivity index (χ2n) is 3.93. The van der Waals surface area contributed by atoms with Crippen molar-refractivity contribution in [3.05, 3.63) is 24.0 Å². The Morgan fingerprint density at radius 2 is 2.06 bits per heavy atom. The number of nitrogens with zero attached hydrogens (tertiary/aromatic N) is 4. The van der Waals surface area contributed by atoms with Crippen LogP contribution >= 0.6 is 0 Å². The van der Waals surface area contributed by atoms with E-state index in [9.17, 15) is 0 Å². The van der Waals surface area contributed by atoms with Crippen LogP contribution < -0.4 is 10.6 Å². The van der Waals surface area contributed by atoms with Gasteiger partial charge < -0.3 is 10.6 Å². The highest BCUT2D eigenvalue weighted by molar-refractivity contribution is 5.53. The molecular formula is C12H18N6. The highest BCUT2D eigenvalue weighted by Crippen LogP contribution is 2.14. The molecule has 2 aromatic rings. The number of hydrogen-bond acceptors (Lipinski definition) is 5. The maximum Gasteiger partial charge on any atom is 0.224 e. The Hall–Kier alpha value is -2.11. The third-order valence-electron chi connectivity index (χ3n) is 2.41. The molecule has 0 amide bonds. The van der Waals surface area contributed by atoms with Gasteiger partial charge in [0.1, 0.15) is 5.82 Å². The van der Waals surface area contributed by atoms with E-state index in [4.69, 9.17) is 0 Å². The van der Waals surface area contributed by atoms with Crippen molar-refractivity contribution < 1.29 is 0 Å². The van der Waals surface area contributed by atoms with E-state index in [1.807, 2.05) is 36.9 Å². The van der Waals surface area contributed by atoms with Gasteiger partial charge >= 0.3 is 0 Å². The lowest BCUT2D eigenvalue weighted by molar-refractivity contribution is 0.662. The van der Waals surface area contributed by atoms with E-state index in [2.05, 4.69) is 32.6 Å². The number of nitrogens with one attached hydrogen (secondary N) is 2. The fraction of sp³-hybridized carbons (Fsp3) is 0.417. The second kappa shape index (κ2) is 5.48. The molecule has 6 nitrogen and oxygen atoms in total. The molecule has 96 valence electrons. The molecule has 0 atom stereocenters. The van der Waals surface area contributed by atoms with Gasteiger partial charge in [-0.1, -0.05) is 0 Å². The molecule has 0 fully saturated rings. The van der Waals surface area contributed by atoms with Crippen LogP contribution in [0.2, 0.25) is 0 Å². The molecular weight excluding hydrogens is 228 g/mol. The first-order chi connectivity index (χ1) is 8.71. The Morgan fingerprint density at radius 3 is 2.72 bits per heavy atom. The molecule has 0 aromatic carbocycles. The number of hydrogen-bond donors (Lipinski definition) is 2. The molecule has 2 heterocycles. The van der Waals surface area contributed by atoms with Gasteiger partial charge in [0.05, 0.1) is 0 Å². The van der Waals surface area contributed by atoms with Crippen molar-refractivity contribution >= 4 is 17.6 Å². The van der Waals surface area contributed by atoms with Crippen LogP contribution in [0.4, 0.5) is 17.6 Å². The monoisotopic (exact) mass is 246 g/mol. The van der Waals surface area contributed by atoms with E-state index < -0.39 is 0 Å². The van der Waals surface area contributed by atoms with Gasteiger partial charge in [0.15, 0.2) is 5.82 Å². The van der Waals surface area contributed by atoms with Gasteiger partial charge in [-0.15, -0.1) is 0 Å². The first-order valence-corrected chi connectivity index (χ1v) is 6.11. The molecule has 2 aromatic heterocycles. The number of rotatable bonds is 5. The van der Waals surface area contributed by atoms with Crippen molar-refractivity contribution in [2.75, 3.05) is 17.2 Å². The summed E-state index contributed by atoms with van der Waals surface area (Å²) in [6.07, 6.45) is 1.93. The summed E-state index contributed by atoms with van der Waals surface area (Å²) in [7, 11) is 0. The summed E-state index contributed by atoms with van der Waals surface area (Å²) in [6, 6.07) is 3.82. The second-order valence-corrected chi connectivity index (χ2v) is 3.93. The normalized spacial score (nSPS) is 10.4. The van der Waals surface area contributed by atoms with Crippen molar-refractivity contribution in [1.82, 2.24) is 19.7 Å². The SMILES string of the molecule is CCNc1nc(C)cc(Nc2ccn(CC)n2)n1. The van der Waals surface area contributed by atoms with Gasteiger partial charge in [0, 0.05) is 37.1 Å². The molecule has 0 aliphatic heterocycles. The van der Waals surface area contributed by atoms with Gasteiger partial charge in [-0.2, -0.15) is 10.1 Å². The van der Waals surface area contributed by atoms with E-state index in [0.29, 0.717) is 5.95 Å². The first kappa shape index (κ1) is 12.3. The maximum absolute atomic E-state index is 4.37. The van der Waals surface area contributed by atoms with E-state index >= 15 is 0 Å². The summed E-state index contributed by atoms with van der Waals surface area (Å²) in [5.41, 5.74) is 0.915. The topological polar surface area (TPSA) is 67.7 Å². The third kappa shape index (κ3) is 2.97. The maximum atomic E-state index is 4.37. The van der Waals surface area contributed by atoms with Crippen LogP contribution in [0, 0.1) is 6.92 Å². The van der Waals surface area contributed by atoms with E-state index in [1.54, 1.807) is 0 Å². The van der Waals surface area contributed by atoms with Crippen LogP contribution in [0.5, 0.6) is 0 Å². The average Bonchev–Trinajstić information content (AvgIpc) is 2.76. The molecule has 0 saturated heterocycles. The predicted molar refractivity (Wildman–Crippen MR) is 72.1 cm³/mol. The zero-order valence-electron chi connectivity index (χ0n) is 10.9. The Bertz CT molecular complexity index is 519. The molecule has 0 aliphatic rings. The molecule has 2 N–H and O–H groups in total.